The van der Waals surface area contributed by atoms with Gasteiger partial charge >= 0.3 is 11.9 Å². The van der Waals surface area contributed by atoms with Gasteiger partial charge < -0.3 is 9.84 Å². The number of carbonyl (C=O) groups is 2. The topological polar surface area (TPSA) is 63.6 Å². The van der Waals surface area contributed by atoms with Crippen molar-refractivity contribution in [3.8, 4) is 0 Å². The van der Waals surface area contributed by atoms with E-state index in [1.54, 1.807) is 13.0 Å². The first kappa shape index (κ1) is 9.77. The second-order valence-electron chi connectivity index (χ2n) is 2.96. The summed E-state index contributed by atoms with van der Waals surface area (Å²) < 4.78 is 4.78. The van der Waals surface area contributed by atoms with Crippen molar-refractivity contribution in [2.45, 2.75) is 13.3 Å². The molecule has 0 radical (unpaired) electrons. The maximum atomic E-state index is 11.1. The molecule has 4 heteroatoms. The highest BCUT2D eigenvalue weighted by Gasteiger charge is 2.42. The maximum Gasteiger partial charge on any atom is 0.327 e. The van der Waals surface area contributed by atoms with Gasteiger partial charge in [0.05, 0.1) is 12.5 Å². The minimum atomic E-state index is -0.977. The summed E-state index contributed by atoms with van der Waals surface area (Å²) in [6, 6.07) is 0. The second kappa shape index (κ2) is 4.07. The third-order valence-corrected chi connectivity index (χ3v) is 1.92. The van der Waals surface area contributed by atoms with E-state index in [0.29, 0.717) is 13.0 Å². The van der Waals surface area contributed by atoms with Gasteiger partial charge in [-0.25, -0.2) is 4.79 Å². The number of carboxylic acid groups (broad SMARTS) is 1. The molecule has 0 spiro atoms. The molecule has 2 atom stereocenters. The van der Waals surface area contributed by atoms with Gasteiger partial charge in [-0.15, -0.1) is 0 Å². The van der Waals surface area contributed by atoms with Crippen LogP contribution in [-0.4, -0.2) is 23.7 Å². The Morgan fingerprint density at radius 2 is 2.31 bits per heavy atom. The van der Waals surface area contributed by atoms with Crippen LogP contribution in [0, 0.1) is 11.8 Å². The fourth-order valence-electron chi connectivity index (χ4n) is 1.15. The van der Waals surface area contributed by atoms with Crippen molar-refractivity contribution in [2.24, 2.45) is 11.8 Å². The van der Waals surface area contributed by atoms with Gasteiger partial charge in [-0.3, -0.25) is 4.79 Å². The zero-order valence-electron chi connectivity index (χ0n) is 7.40. The predicted molar refractivity (Wildman–Crippen MR) is 45.0 cm³/mol. The molecule has 0 heterocycles. The Kier molecular flexibility index (Phi) is 3.06. The van der Waals surface area contributed by atoms with E-state index in [4.69, 9.17) is 9.84 Å². The van der Waals surface area contributed by atoms with Gasteiger partial charge in [0.2, 0.25) is 0 Å². The summed E-state index contributed by atoms with van der Waals surface area (Å²) >= 11 is 0. The molecule has 0 bridgehead atoms. The normalized spacial score (nSPS) is 25.9. The number of hydrogen-bond donors (Lipinski definition) is 1. The third-order valence-electron chi connectivity index (χ3n) is 1.92. The number of ether oxygens (including phenoxy) is 1. The summed E-state index contributed by atoms with van der Waals surface area (Å²) in [5.41, 5.74) is 0. The van der Waals surface area contributed by atoms with E-state index in [-0.39, 0.29) is 17.8 Å². The van der Waals surface area contributed by atoms with E-state index in [1.807, 2.05) is 0 Å². The monoisotopic (exact) mass is 184 g/mol. The molecule has 0 aromatic heterocycles. The van der Waals surface area contributed by atoms with E-state index < -0.39 is 5.97 Å². The van der Waals surface area contributed by atoms with Crippen molar-refractivity contribution < 1.29 is 19.4 Å². The molecule has 0 aliphatic heterocycles. The Morgan fingerprint density at radius 3 is 2.85 bits per heavy atom. The van der Waals surface area contributed by atoms with Crippen LogP contribution >= 0.6 is 0 Å². The molecule has 0 aromatic rings. The van der Waals surface area contributed by atoms with Gasteiger partial charge in [0.15, 0.2) is 0 Å². The molecule has 1 N–H and O–H groups in total. The Balaban J connectivity index is 2.30. The molecular weight excluding hydrogens is 172 g/mol. The number of carboxylic acids is 1. The van der Waals surface area contributed by atoms with Crippen molar-refractivity contribution >= 4 is 11.9 Å². The molecule has 0 saturated heterocycles. The van der Waals surface area contributed by atoms with E-state index in [9.17, 15) is 9.59 Å². The van der Waals surface area contributed by atoms with E-state index in [0.717, 1.165) is 6.08 Å². The summed E-state index contributed by atoms with van der Waals surface area (Å²) in [5.74, 6) is -1.25. The average Bonchev–Trinajstić information content (AvgIpc) is 2.80. The number of aliphatic carboxylic acids is 1. The average molecular weight is 184 g/mol. The van der Waals surface area contributed by atoms with Crippen molar-refractivity contribution in [1.82, 2.24) is 0 Å². The minimum Gasteiger partial charge on any atom is -0.478 e. The van der Waals surface area contributed by atoms with Crippen molar-refractivity contribution in [2.75, 3.05) is 6.61 Å². The van der Waals surface area contributed by atoms with Crippen LogP contribution in [0.4, 0.5) is 0 Å². The summed E-state index contributed by atoms with van der Waals surface area (Å²) in [7, 11) is 0. The lowest BCUT2D eigenvalue weighted by molar-refractivity contribution is -0.145. The molecule has 1 saturated carbocycles. The van der Waals surface area contributed by atoms with E-state index in [2.05, 4.69) is 0 Å². The SMILES string of the molecule is CCOC(=O)[C@@H]1C[C@@H]1/C=C/C(=O)O. The van der Waals surface area contributed by atoms with Gasteiger partial charge in [-0.2, -0.15) is 0 Å². The van der Waals surface area contributed by atoms with Crippen LogP contribution in [0.2, 0.25) is 0 Å². The minimum absolute atomic E-state index is 0.0650. The fourth-order valence-corrected chi connectivity index (χ4v) is 1.15. The highest BCUT2D eigenvalue weighted by atomic mass is 16.5. The van der Waals surface area contributed by atoms with Crippen LogP contribution in [0.5, 0.6) is 0 Å². The van der Waals surface area contributed by atoms with Gasteiger partial charge in [0.1, 0.15) is 0 Å². The number of carbonyl (C=O) groups excluding carboxylic acids is 1. The first-order valence-corrected chi connectivity index (χ1v) is 4.23. The Bertz CT molecular complexity index is 244. The first-order valence-electron chi connectivity index (χ1n) is 4.23. The Hall–Kier alpha value is -1.32. The van der Waals surface area contributed by atoms with Crippen LogP contribution < -0.4 is 0 Å². The van der Waals surface area contributed by atoms with Crippen LogP contribution in [0.25, 0.3) is 0 Å². The summed E-state index contributed by atoms with van der Waals surface area (Å²) in [4.78, 5) is 21.2. The van der Waals surface area contributed by atoms with Crippen molar-refractivity contribution in [3.05, 3.63) is 12.2 Å². The zero-order valence-corrected chi connectivity index (χ0v) is 7.40. The largest absolute Gasteiger partial charge is 0.478 e. The number of allylic oxidation sites excluding steroid dienone is 1. The van der Waals surface area contributed by atoms with Gasteiger partial charge in [-0.05, 0) is 19.3 Å². The van der Waals surface area contributed by atoms with Crippen LogP contribution in [0.15, 0.2) is 12.2 Å². The molecule has 1 aliphatic rings. The smallest absolute Gasteiger partial charge is 0.327 e. The van der Waals surface area contributed by atoms with Crippen LogP contribution in [0.3, 0.4) is 0 Å². The molecule has 0 unspecified atom stereocenters. The number of rotatable bonds is 4. The molecule has 4 nitrogen and oxygen atoms in total. The molecule has 0 amide bonds. The Labute approximate surface area is 76.2 Å². The molecule has 72 valence electrons. The quantitative estimate of drug-likeness (QED) is 0.519. The van der Waals surface area contributed by atoms with Crippen LogP contribution in [0.1, 0.15) is 13.3 Å². The molecule has 1 aliphatic carbocycles. The molecule has 0 aromatic carbocycles. The first-order chi connectivity index (χ1) is 6.15. The summed E-state index contributed by atoms with van der Waals surface area (Å²) in [6.45, 7) is 2.13. The predicted octanol–water partition coefficient (Wildman–Crippen LogP) is 0.826. The third kappa shape index (κ3) is 2.89. The highest BCUT2D eigenvalue weighted by molar-refractivity contribution is 5.81. The number of esters is 1. The lowest BCUT2D eigenvalue weighted by Crippen LogP contribution is -2.07. The van der Waals surface area contributed by atoms with Gasteiger partial charge in [0.25, 0.3) is 0 Å². The standard InChI is InChI=1S/C9H12O4/c1-2-13-9(12)7-5-6(7)3-4-8(10)11/h3-4,6-7H,2,5H2,1H3,(H,10,11)/b4-3+/t6-,7+/m0/s1. The van der Waals surface area contributed by atoms with E-state index in [1.165, 1.54) is 0 Å². The maximum absolute atomic E-state index is 11.1. The lowest BCUT2D eigenvalue weighted by atomic mass is 10.3. The van der Waals surface area contributed by atoms with Gasteiger partial charge in [-0.1, -0.05) is 6.08 Å². The summed E-state index contributed by atoms with van der Waals surface area (Å²) in [5, 5.41) is 8.32. The number of hydrogen-bond acceptors (Lipinski definition) is 3. The van der Waals surface area contributed by atoms with Gasteiger partial charge in [0, 0.05) is 6.08 Å². The molecule has 1 fully saturated rings. The molecule has 13 heavy (non-hydrogen) atoms. The fraction of sp³-hybridized carbons (Fsp3) is 0.556. The Morgan fingerprint density at radius 1 is 1.62 bits per heavy atom. The van der Waals surface area contributed by atoms with Crippen LogP contribution in [-0.2, 0) is 14.3 Å². The van der Waals surface area contributed by atoms with Crippen molar-refractivity contribution in [1.29, 1.82) is 0 Å². The zero-order chi connectivity index (χ0) is 9.84. The highest BCUT2D eigenvalue weighted by Crippen LogP contribution is 2.40. The lowest BCUT2D eigenvalue weighted by Gasteiger charge is -1.97. The molecule has 1 rings (SSSR count). The molecular formula is C9H12O4. The van der Waals surface area contributed by atoms with E-state index >= 15 is 0 Å². The summed E-state index contributed by atoms with van der Waals surface area (Å²) in [6.07, 6.45) is 3.33. The second-order valence-corrected chi connectivity index (χ2v) is 2.96. The van der Waals surface area contributed by atoms with Crippen molar-refractivity contribution in [3.63, 3.8) is 0 Å².